The van der Waals surface area contributed by atoms with Gasteiger partial charge in [-0.05, 0) is 12.1 Å². The Bertz CT molecular complexity index is 233. The van der Waals surface area contributed by atoms with Gasteiger partial charge < -0.3 is 11.3 Å². The van der Waals surface area contributed by atoms with E-state index in [1.165, 1.54) is 0 Å². The summed E-state index contributed by atoms with van der Waals surface area (Å²) in [6, 6.07) is 5.21. The summed E-state index contributed by atoms with van der Waals surface area (Å²) < 4.78 is 0. The van der Waals surface area contributed by atoms with Gasteiger partial charge in [0.15, 0.2) is 0 Å². The monoisotopic (exact) mass is 384 g/mol. The summed E-state index contributed by atoms with van der Waals surface area (Å²) in [7, 11) is 4.61. The number of halogens is 1. The van der Waals surface area contributed by atoms with E-state index >= 15 is 0 Å². The first-order valence-corrected chi connectivity index (χ1v) is 5.84. The van der Waals surface area contributed by atoms with Crippen molar-refractivity contribution in [3.05, 3.63) is 30.1 Å². The van der Waals surface area contributed by atoms with Crippen LogP contribution in [0.1, 0.15) is 5.69 Å². The van der Waals surface area contributed by atoms with Gasteiger partial charge in [0.1, 0.15) is 0 Å². The number of nitrogens with zero attached hydrogens (tertiary/aromatic N) is 1. The van der Waals surface area contributed by atoms with E-state index in [0.29, 0.717) is 5.69 Å². The summed E-state index contributed by atoms with van der Waals surface area (Å²) in [5.74, 6) is -0.848. The minimum atomic E-state index is -0.848. The van der Waals surface area contributed by atoms with Crippen molar-refractivity contribution in [2.75, 3.05) is 0 Å². The van der Waals surface area contributed by atoms with Crippen LogP contribution < -0.4 is 6.15 Å². The summed E-state index contributed by atoms with van der Waals surface area (Å²) in [6.45, 7) is 0. The second kappa shape index (κ2) is 9.64. The molecule has 0 aliphatic carbocycles. The van der Waals surface area contributed by atoms with E-state index in [1.54, 1.807) is 43.2 Å². The Balaban J connectivity index is 0. The number of rotatable bonds is 2. The van der Waals surface area contributed by atoms with Crippen molar-refractivity contribution in [1.82, 2.24) is 11.1 Å². The van der Waals surface area contributed by atoms with Crippen LogP contribution in [0.15, 0.2) is 24.4 Å². The van der Waals surface area contributed by atoms with Crippen molar-refractivity contribution in [1.29, 1.82) is 0 Å². The fourth-order valence-electron chi connectivity index (χ4n) is 0.658. The summed E-state index contributed by atoms with van der Waals surface area (Å²) in [4.78, 5) is 14.0. The van der Waals surface area contributed by atoms with Crippen molar-refractivity contribution >= 4 is 15.4 Å². The number of hydrogen-bond acceptors (Lipinski definition) is 3. The molecular formula is C7H10ClN2O2Pt. The number of carbonyl (C=O) groups is 1. The molecule has 6 heteroatoms. The Morgan fingerprint density at radius 3 is 2.54 bits per heavy atom. The van der Waals surface area contributed by atoms with Gasteiger partial charge in [0, 0.05) is 6.20 Å². The van der Waals surface area contributed by atoms with E-state index in [4.69, 9.17) is 5.11 Å². The Kier molecular flexibility index (Phi) is 11.2. The standard InChI is InChI=1S/C7H7NO2.ClH.H3N.Pt/c9-7(10)5-6-3-1-2-4-8-6;;;/h1-4H,5H2,(H,9,10);1H;1H3;/q;;;+1/p-1. The molecule has 0 unspecified atom stereocenters. The average Bonchev–Trinajstić information content (AvgIpc) is 2.08. The molecule has 4 N–H and O–H groups in total. The third kappa shape index (κ3) is 7.90. The van der Waals surface area contributed by atoms with Gasteiger partial charge in [0.25, 0.3) is 0 Å². The second-order valence-electron chi connectivity index (χ2n) is 1.89. The fraction of sp³-hybridized carbons (Fsp3) is 0.143. The fourth-order valence-corrected chi connectivity index (χ4v) is 0.658. The predicted molar refractivity (Wildman–Crippen MR) is 46.5 cm³/mol. The quantitative estimate of drug-likeness (QED) is 0.810. The SMILES string of the molecule is N.O=C(O)Cc1ccccn1.[Cl][Pt]. The van der Waals surface area contributed by atoms with Crippen LogP contribution >= 0.6 is 9.42 Å². The molecule has 0 radical (unpaired) electrons. The molecule has 0 aliphatic heterocycles. The molecule has 0 amide bonds. The second-order valence-corrected chi connectivity index (χ2v) is 1.89. The first-order valence-electron chi connectivity index (χ1n) is 3.02. The molecule has 0 bridgehead atoms. The van der Waals surface area contributed by atoms with Gasteiger partial charge in [-0.1, -0.05) is 6.07 Å². The minimum absolute atomic E-state index is 0. The zero-order valence-corrected chi connectivity index (χ0v) is 9.75. The van der Waals surface area contributed by atoms with E-state index in [2.05, 4.69) is 14.4 Å². The number of pyridine rings is 1. The van der Waals surface area contributed by atoms with Gasteiger partial charge in [-0.2, -0.15) is 0 Å². The Hall–Kier alpha value is -0.442. The summed E-state index contributed by atoms with van der Waals surface area (Å²) in [5.41, 5.74) is 0.593. The molecule has 13 heavy (non-hydrogen) atoms. The van der Waals surface area contributed by atoms with Crippen molar-refractivity contribution in [2.45, 2.75) is 6.42 Å². The molecule has 0 saturated carbocycles. The molecule has 0 aromatic carbocycles. The molecule has 0 fully saturated rings. The van der Waals surface area contributed by atoms with Crippen molar-refractivity contribution in [2.24, 2.45) is 0 Å². The number of carboxylic acids is 1. The van der Waals surface area contributed by atoms with Gasteiger partial charge in [0.05, 0.1) is 12.1 Å². The zero-order valence-electron chi connectivity index (χ0n) is 6.72. The molecule has 0 saturated heterocycles. The Morgan fingerprint density at radius 1 is 1.54 bits per heavy atom. The normalized spacial score (nSPS) is 7.62. The van der Waals surface area contributed by atoms with E-state index in [1.807, 2.05) is 0 Å². The van der Waals surface area contributed by atoms with E-state index in [9.17, 15) is 4.79 Å². The summed E-state index contributed by atoms with van der Waals surface area (Å²) >= 11 is 1.61. The van der Waals surface area contributed by atoms with Crippen molar-refractivity contribution in [3.63, 3.8) is 0 Å². The van der Waals surface area contributed by atoms with E-state index < -0.39 is 5.97 Å². The molecule has 0 aliphatic rings. The van der Waals surface area contributed by atoms with E-state index in [0.717, 1.165) is 0 Å². The third-order valence-electron chi connectivity index (χ3n) is 1.06. The van der Waals surface area contributed by atoms with Gasteiger partial charge in [-0.3, -0.25) is 9.78 Å². The Morgan fingerprint density at radius 2 is 2.15 bits per heavy atom. The number of carboxylic acid groups (broad SMARTS) is 1. The van der Waals surface area contributed by atoms with Crippen molar-refractivity contribution in [3.8, 4) is 0 Å². The molecule has 4 nitrogen and oxygen atoms in total. The first-order chi connectivity index (χ1) is 5.79. The summed E-state index contributed by atoms with van der Waals surface area (Å²) in [6.07, 6.45) is 1.58. The topological polar surface area (TPSA) is 85.2 Å². The van der Waals surface area contributed by atoms with Gasteiger partial charge in [-0.25, -0.2) is 0 Å². The van der Waals surface area contributed by atoms with Gasteiger partial charge >= 0.3 is 34.2 Å². The third-order valence-corrected chi connectivity index (χ3v) is 1.06. The van der Waals surface area contributed by atoms with Crippen LogP contribution in [0.5, 0.6) is 0 Å². The first kappa shape index (κ1) is 15.0. The summed E-state index contributed by atoms with van der Waals surface area (Å²) in [5, 5.41) is 8.33. The van der Waals surface area contributed by atoms with Crippen LogP contribution in [0.25, 0.3) is 0 Å². The molecule has 1 aromatic rings. The van der Waals surface area contributed by atoms with Crippen LogP contribution in [0.3, 0.4) is 0 Å². The molecule has 1 aromatic heterocycles. The van der Waals surface area contributed by atoms with Crippen LogP contribution in [0.2, 0.25) is 0 Å². The van der Waals surface area contributed by atoms with Crippen LogP contribution in [-0.4, -0.2) is 16.1 Å². The van der Waals surface area contributed by atoms with Crippen LogP contribution in [-0.2, 0) is 30.0 Å². The van der Waals surface area contributed by atoms with Gasteiger partial charge in [0.2, 0.25) is 0 Å². The Labute approximate surface area is 91.7 Å². The molecule has 1 heterocycles. The number of aromatic nitrogens is 1. The number of aliphatic carboxylic acids is 1. The van der Waals surface area contributed by atoms with E-state index in [-0.39, 0.29) is 12.6 Å². The predicted octanol–water partition coefficient (Wildman–Crippen LogP) is 1.56. The molecule has 77 valence electrons. The zero-order chi connectivity index (χ0) is 9.40. The van der Waals surface area contributed by atoms with Gasteiger partial charge in [-0.15, -0.1) is 0 Å². The molecular weight excluding hydrogens is 375 g/mol. The molecule has 0 atom stereocenters. The molecule has 1 rings (SSSR count). The maximum atomic E-state index is 10.1. The van der Waals surface area contributed by atoms with Crippen molar-refractivity contribution < 1.29 is 28.7 Å². The number of hydrogen-bond donors (Lipinski definition) is 2. The van der Waals surface area contributed by atoms with Crippen LogP contribution in [0.4, 0.5) is 0 Å². The maximum absolute atomic E-state index is 10.1. The van der Waals surface area contributed by atoms with Crippen LogP contribution in [0, 0.1) is 0 Å². The average molecular weight is 385 g/mol. The molecule has 0 spiro atoms.